The number of benzene rings is 2. The number of aromatic nitrogens is 2. The average molecular weight is 474 g/mol. The Balaban J connectivity index is 1.68. The van der Waals surface area contributed by atoms with E-state index in [1.165, 1.54) is 18.5 Å². The summed E-state index contributed by atoms with van der Waals surface area (Å²) >= 11 is 0. The number of nitrogens with one attached hydrogen (secondary N) is 2. The zero-order valence-electron chi connectivity index (χ0n) is 18.7. The molecule has 3 aromatic rings. The minimum Gasteiger partial charge on any atom is -0.439 e. The number of ether oxygens (including phenoxy) is 1. The second-order valence-electron chi connectivity index (χ2n) is 7.36. The van der Waals surface area contributed by atoms with Crippen molar-refractivity contribution in [2.24, 2.45) is 0 Å². The van der Waals surface area contributed by atoms with Gasteiger partial charge in [0, 0.05) is 24.0 Å². The molecule has 0 unspecified atom stereocenters. The van der Waals surface area contributed by atoms with E-state index in [0.29, 0.717) is 36.6 Å². The molecular formula is C23H25F3N6O2. The third kappa shape index (κ3) is 7.07. The first-order valence-corrected chi connectivity index (χ1v) is 10.5. The molecule has 11 heteroatoms. The van der Waals surface area contributed by atoms with Gasteiger partial charge in [0.25, 0.3) is 0 Å². The molecule has 4 N–H and O–H groups in total. The normalized spacial score (nSPS) is 11.4. The molecule has 0 bridgehead atoms. The maximum atomic E-state index is 13.4. The number of halogens is 3. The molecular weight excluding hydrogens is 449 g/mol. The van der Waals surface area contributed by atoms with Gasteiger partial charge >= 0.3 is 12.2 Å². The molecule has 0 spiro atoms. The first-order valence-electron chi connectivity index (χ1n) is 10.5. The summed E-state index contributed by atoms with van der Waals surface area (Å²) < 4.78 is 45.7. The zero-order valence-corrected chi connectivity index (χ0v) is 18.7. The van der Waals surface area contributed by atoms with Crippen molar-refractivity contribution in [1.82, 2.24) is 14.9 Å². The number of nitrogen functional groups attached to an aromatic ring is 1. The Hall–Kier alpha value is -3.86. The highest BCUT2D eigenvalue weighted by atomic mass is 19.4. The average Bonchev–Trinajstić information content (AvgIpc) is 2.78. The van der Waals surface area contributed by atoms with Gasteiger partial charge in [-0.3, -0.25) is 4.90 Å². The second-order valence-corrected chi connectivity index (χ2v) is 7.36. The van der Waals surface area contributed by atoms with Crippen LogP contribution in [0, 0.1) is 0 Å². The largest absolute Gasteiger partial charge is 0.439 e. The maximum absolute atomic E-state index is 13.4. The Morgan fingerprint density at radius 3 is 2.29 bits per heavy atom. The van der Waals surface area contributed by atoms with Gasteiger partial charge in [0.15, 0.2) is 0 Å². The van der Waals surface area contributed by atoms with Crippen LogP contribution in [0.2, 0.25) is 0 Å². The smallest absolute Gasteiger partial charge is 0.416 e. The van der Waals surface area contributed by atoms with Crippen LogP contribution >= 0.6 is 0 Å². The quantitative estimate of drug-likeness (QED) is 0.406. The summed E-state index contributed by atoms with van der Waals surface area (Å²) in [5, 5.41) is 5.07. The van der Waals surface area contributed by atoms with E-state index in [-0.39, 0.29) is 17.4 Å². The van der Waals surface area contributed by atoms with Gasteiger partial charge in [0.05, 0.1) is 5.56 Å². The van der Waals surface area contributed by atoms with Crippen molar-refractivity contribution in [3.63, 3.8) is 0 Å². The number of carbonyl (C=O) groups excluding carboxylic acids is 1. The topological polar surface area (TPSA) is 105 Å². The summed E-state index contributed by atoms with van der Waals surface area (Å²) in [4.78, 5) is 22.1. The molecule has 2 amide bonds. The van der Waals surface area contributed by atoms with Crippen LogP contribution < -0.4 is 21.1 Å². The summed E-state index contributed by atoms with van der Waals surface area (Å²) in [6, 6.07) is 10.7. The lowest BCUT2D eigenvalue weighted by Crippen LogP contribution is -2.23. The Labute approximate surface area is 195 Å². The van der Waals surface area contributed by atoms with E-state index in [9.17, 15) is 18.0 Å². The third-order valence-electron chi connectivity index (χ3n) is 4.88. The Bertz CT molecular complexity index is 1120. The van der Waals surface area contributed by atoms with Crippen LogP contribution in [0.5, 0.6) is 11.6 Å². The number of anilines is 3. The predicted octanol–water partition coefficient (Wildman–Crippen LogP) is 5.36. The summed E-state index contributed by atoms with van der Waals surface area (Å²) in [5.74, 6) is 0.966. The van der Waals surface area contributed by atoms with Gasteiger partial charge in [-0.05, 0) is 61.1 Å². The first kappa shape index (κ1) is 24.8. The van der Waals surface area contributed by atoms with Crippen LogP contribution in [-0.2, 0) is 12.7 Å². The molecule has 0 atom stereocenters. The van der Waals surface area contributed by atoms with E-state index < -0.39 is 17.8 Å². The van der Waals surface area contributed by atoms with Crippen LogP contribution in [0.1, 0.15) is 25.0 Å². The molecule has 8 nitrogen and oxygen atoms in total. The molecule has 2 aromatic carbocycles. The molecule has 0 aliphatic rings. The standard InChI is InChI=1S/C23H25F3N6O2/c1-3-32(4-2)13-15-9-16(23(24,25)26)11-18(10-15)31-22(33)30-17-5-7-19(8-6-17)34-21-12-20(27)28-14-29-21/h5-12,14H,3-4,13H2,1-2H3,(H2,27,28,29)(H2,30,31,33). The van der Waals surface area contributed by atoms with Crippen molar-refractivity contribution in [2.75, 3.05) is 29.5 Å². The highest BCUT2D eigenvalue weighted by Crippen LogP contribution is 2.32. The van der Waals surface area contributed by atoms with Crippen molar-refractivity contribution in [3.05, 3.63) is 66.0 Å². The van der Waals surface area contributed by atoms with Crippen LogP contribution in [0.15, 0.2) is 54.9 Å². The number of alkyl halides is 3. The van der Waals surface area contributed by atoms with Gasteiger partial charge in [-0.15, -0.1) is 0 Å². The molecule has 0 aliphatic heterocycles. The third-order valence-corrected chi connectivity index (χ3v) is 4.88. The lowest BCUT2D eigenvalue weighted by Gasteiger charge is -2.20. The first-order chi connectivity index (χ1) is 16.2. The molecule has 0 fully saturated rings. The molecule has 0 saturated heterocycles. The number of nitrogens with two attached hydrogens (primary N) is 1. The highest BCUT2D eigenvalue weighted by Gasteiger charge is 2.31. The molecule has 1 aromatic heterocycles. The van der Waals surface area contributed by atoms with Crippen molar-refractivity contribution in [2.45, 2.75) is 26.6 Å². The zero-order chi connectivity index (χ0) is 24.7. The van der Waals surface area contributed by atoms with Crippen LogP contribution in [0.4, 0.5) is 35.2 Å². The van der Waals surface area contributed by atoms with E-state index in [4.69, 9.17) is 10.5 Å². The van der Waals surface area contributed by atoms with Crippen LogP contribution in [-0.4, -0.2) is 34.0 Å². The monoisotopic (exact) mass is 474 g/mol. The SMILES string of the molecule is CCN(CC)Cc1cc(NC(=O)Nc2ccc(Oc3cc(N)ncn3)cc2)cc(C(F)(F)F)c1. The maximum Gasteiger partial charge on any atom is 0.416 e. The van der Waals surface area contributed by atoms with Gasteiger partial charge in [-0.25, -0.2) is 14.8 Å². The van der Waals surface area contributed by atoms with Gasteiger partial charge in [-0.2, -0.15) is 13.2 Å². The van der Waals surface area contributed by atoms with Crippen molar-refractivity contribution in [3.8, 4) is 11.6 Å². The lowest BCUT2D eigenvalue weighted by molar-refractivity contribution is -0.137. The Morgan fingerprint density at radius 1 is 1.00 bits per heavy atom. The fourth-order valence-electron chi connectivity index (χ4n) is 3.15. The number of urea groups is 1. The van der Waals surface area contributed by atoms with Crippen molar-refractivity contribution >= 4 is 23.2 Å². The molecule has 0 saturated carbocycles. The number of carbonyl (C=O) groups is 1. The summed E-state index contributed by atoms with van der Waals surface area (Å²) in [5.41, 5.74) is 5.69. The van der Waals surface area contributed by atoms with Crippen molar-refractivity contribution < 1.29 is 22.7 Å². The molecule has 0 radical (unpaired) electrons. The fourth-order valence-corrected chi connectivity index (χ4v) is 3.15. The number of hydrogen-bond acceptors (Lipinski definition) is 6. The Morgan fingerprint density at radius 2 is 1.68 bits per heavy atom. The number of rotatable bonds is 8. The van der Waals surface area contributed by atoms with E-state index in [1.807, 2.05) is 18.7 Å². The number of amides is 2. The van der Waals surface area contributed by atoms with E-state index in [0.717, 1.165) is 12.1 Å². The van der Waals surface area contributed by atoms with Crippen LogP contribution in [0.25, 0.3) is 0 Å². The minimum atomic E-state index is -4.53. The fraction of sp³-hybridized carbons (Fsp3) is 0.261. The molecule has 1 heterocycles. The van der Waals surface area contributed by atoms with Gasteiger partial charge in [0.1, 0.15) is 17.9 Å². The van der Waals surface area contributed by atoms with Crippen LogP contribution in [0.3, 0.4) is 0 Å². The van der Waals surface area contributed by atoms with Crippen molar-refractivity contribution in [1.29, 1.82) is 0 Å². The van der Waals surface area contributed by atoms with E-state index in [2.05, 4.69) is 20.6 Å². The second kappa shape index (κ2) is 10.8. The van der Waals surface area contributed by atoms with Gasteiger partial charge < -0.3 is 21.1 Å². The number of hydrogen-bond donors (Lipinski definition) is 3. The molecule has 0 aliphatic carbocycles. The summed E-state index contributed by atoms with van der Waals surface area (Å²) in [7, 11) is 0. The van der Waals surface area contributed by atoms with E-state index >= 15 is 0 Å². The van der Waals surface area contributed by atoms with E-state index in [1.54, 1.807) is 24.3 Å². The lowest BCUT2D eigenvalue weighted by atomic mass is 10.1. The highest BCUT2D eigenvalue weighted by molar-refractivity contribution is 5.99. The molecule has 180 valence electrons. The van der Waals surface area contributed by atoms with Gasteiger partial charge in [-0.1, -0.05) is 13.8 Å². The molecule has 34 heavy (non-hydrogen) atoms. The summed E-state index contributed by atoms with van der Waals surface area (Å²) in [6.45, 7) is 5.60. The number of nitrogens with zero attached hydrogens (tertiary/aromatic N) is 3. The Kier molecular flexibility index (Phi) is 7.90. The minimum absolute atomic E-state index is 0.0517. The summed E-state index contributed by atoms with van der Waals surface area (Å²) in [6.07, 6.45) is -3.26. The predicted molar refractivity (Wildman–Crippen MR) is 124 cm³/mol. The van der Waals surface area contributed by atoms with Gasteiger partial charge in [0.2, 0.25) is 5.88 Å². The molecule has 3 rings (SSSR count).